The van der Waals surface area contributed by atoms with Gasteiger partial charge >= 0.3 is 0 Å². The fourth-order valence-corrected chi connectivity index (χ4v) is 3.43. The van der Waals surface area contributed by atoms with Crippen LogP contribution in [0.5, 0.6) is 11.6 Å². The fraction of sp³-hybridized carbons (Fsp3) is 0.300. The maximum absolute atomic E-state index is 12.3. The van der Waals surface area contributed by atoms with E-state index < -0.39 is 10.0 Å². The van der Waals surface area contributed by atoms with Crippen molar-refractivity contribution >= 4 is 10.0 Å². The summed E-state index contributed by atoms with van der Waals surface area (Å²) >= 11 is 0. The molecule has 3 rings (SSSR count). The van der Waals surface area contributed by atoms with Gasteiger partial charge in [-0.1, -0.05) is 13.3 Å². The van der Waals surface area contributed by atoms with Crippen molar-refractivity contribution in [3.05, 3.63) is 54.8 Å². The Labute approximate surface area is 169 Å². The first-order valence-electron chi connectivity index (χ1n) is 9.31. The number of sulfonamides is 1. The molecule has 1 aromatic carbocycles. The number of benzene rings is 1. The number of unbranched alkanes of at least 4 members (excludes halogenated alkanes) is 1. The van der Waals surface area contributed by atoms with Crippen molar-refractivity contribution < 1.29 is 22.3 Å². The average molecular weight is 417 g/mol. The minimum Gasteiger partial charge on any atom is -0.494 e. The summed E-state index contributed by atoms with van der Waals surface area (Å²) in [6, 6.07) is 13.2. The Balaban J connectivity index is 1.45. The molecule has 9 heteroatoms. The molecule has 0 atom stereocenters. The second-order valence-electron chi connectivity index (χ2n) is 6.15. The molecule has 2 aromatic heterocycles. The predicted molar refractivity (Wildman–Crippen MR) is 107 cm³/mol. The maximum atomic E-state index is 12.3. The lowest BCUT2D eigenvalue weighted by Crippen LogP contribution is -2.28. The number of hydrogen-bond acceptors (Lipinski definition) is 7. The lowest BCUT2D eigenvalue weighted by Gasteiger charge is -2.09. The summed E-state index contributed by atoms with van der Waals surface area (Å²) in [6.07, 6.45) is 3.55. The Morgan fingerprint density at radius 2 is 1.83 bits per heavy atom. The van der Waals surface area contributed by atoms with E-state index in [4.69, 9.17) is 13.9 Å². The first-order valence-corrected chi connectivity index (χ1v) is 10.8. The van der Waals surface area contributed by atoms with Crippen LogP contribution in [0.4, 0.5) is 0 Å². The first-order chi connectivity index (χ1) is 14.1. The zero-order chi connectivity index (χ0) is 20.5. The molecule has 2 heterocycles. The molecule has 0 aliphatic rings. The predicted octanol–water partition coefficient (Wildman–Crippen LogP) is 3.27. The molecule has 3 aromatic rings. The van der Waals surface area contributed by atoms with E-state index in [1.165, 1.54) is 12.1 Å². The van der Waals surface area contributed by atoms with E-state index in [-0.39, 0.29) is 18.0 Å². The number of rotatable bonds is 11. The molecule has 0 aliphatic heterocycles. The van der Waals surface area contributed by atoms with Crippen LogP contribution in [0, 0.1) is 0 Å². The Kier molecular flexibility index (Phi) is 7.20. The molecule has 1 N–H and O–H groups in total. The van der Waals surface area contributed by atoms with Crippen LogP contribution < -0.4 is 14.2 Å². The summed E-state index contributed by atoms with van der Waals surface area (Å²) in [5.74, 6) is 1.56. The van der Waals surface area contributed by atoms with E-state index >= 15 is 0 Å². The molecule has 0 radical (unpaired) electrons. The van der Waals surface area contributed by atoms with Gasteiger partial charge in [0.2, 0.25) is 15.9 Å². The van der Waals surface area contributed by atoms with Gasteiger partial charge < -0.3 is 13.9 Å². The monoisotopic (exact) mass is 417 g/mol. The van der Waals surface area contributed by atoms with E-state index in [9.17, 15) is 8.42 Å². The van der Waals surface area contributed by atoms with Crippen molar-refractivity contribution in [2.24, 2.45) is 0 Å². The number of hydrogen-bond donors (Lipinski definition) is 1. The number of nitrogens with one attached hydrogen (secondary N) is 1. The van der Waals surface area contributed by atoms with Crippen molar-refractivity contribution in [1.82, 2.24) is 14.9 Å². The van der Waals surface area contributed by atoms with Crippen LogP contribution >= 0.6 is 0 Å². The summed E-state index contributed by atoms with van der Waals surface area (Å²) < 4.78 is 43.4. The highest BCUT2D eigenvalue weighted by Crippen LogP contribution is 2.18. The van der Waals surface area contributed by atoms with Gasteiger partial charge in [-0.15, -0.1) is 10.2 Å². The molecule has 0 bridgehead atoms. The highest BCUT2D eigenvalue weighted by atomic mass is 32.2. The van der Waals surface area contributed by atoms with Crippen LogP contribution in [0.25, 0.3) is 11.5 Å². The molecule has 154 valence electrons. The Morgan fingerprint density at radius 3 is 2.48 bits per heavy atom. The lowest BCUT2D eigenvalue weighted by atomic mass is 10.3. The number of furan rings is 1. The normalized spacial score (nSPS) is 11.3. The zero-order valence-electron chi connectivity index (χ0n) is 16.1. The molecule has 0 aliphatic carbocycles. The van der Waals surface area contributed by atoms with E-state index in [0.29, 0.717) is 29.7 Å². The van der Waals surface area contributed by atoms with Crippen molar-refractivity contribution in [1.29, 1.82) is 0 Å². The molecular formula is C20H23N3O5S. The standard InChI is InChI=1S/C20H23N3O5S/c1-2-3-13-26-16-6-8-17(9-7-16)29(24,25)21-12-15-28-20-11-10-18(22-23-20)19-5-4-14-27-19/h4-11,14,21H,2-3,12-13,15H2,1H3. The molecule has 0 spiro atoms. The van der Waals surface area contributed by atoms with Crippen LogP contribution in [0.2, 0.25) is 0 Å². The zero-order valence-corrected chi connectivity index (χ0v) is 16.9. The lowest BCUT2D eigenvalue weighted by molar-refractivity contribution is 0.306. The molecule has 0 saturated heterocycles. The highest BCUT2D eigenvalue weighted by molar-refractivity contribution is 7.89. The van der Waals surface area contributed by atoms with E-state index in [1.54, 1.807) is 42.7 Å². The fourth-order valence-electron chi connectivity index (χ4n) is 2.42. The summed E-state index contributed by atoms with van der Waals surface area (Å²) in [4.78, 5) is 0.169. The maximum Gasteiger partial charge on any atom is 0.240 e. The van der Waals surface area contributed by atoms with Gasteiger partial charge in [0.1, 0.15) is 18.1 Å². The van der Waals surface area contributed by atoms with E-state index in [0.717, 1.165) is 12.8 Å². The largest absolute Gasteiger partial charge is 0.494 e. The van der Waals surface area contributed by atoms with Gasteiger partial charge in [0.15, 0.2) is 5.76 Å². The molecule has 0 fully saturated rings. The van der Waals surface area contributed by atoms with E-state index in [2.05, 4.69) is 21.8 Å². The second-order valence-corrected chi connectivity index (χ2v) is 7.92. The molecular weight excluding hydrogens is 394 g/mol. The van der Waals surface area contributed by atoms with Gasteiger partial charge in [0, 0.05) is 12.6 Å². The van der Waals surface area contributed by atoms with Crippen molar-refractivity contribution in [3.63, 3.8) is 0 Å². The van der Waals surface area contributed by atoms with Crippen LogP contribution in [-0.4, -0.2) is 38.4 Å². The van der Waals surface area contributed by atoms with E-state index in [1.807, 2.05) is 0 Å². The van der Waals surface area contributed by atoms with Crippen molar-refractivity contribution in [3.8, 4) is 23.1 Å². The van der Waals surface area contributed by atoms with Crippen molar-refractivity contribution in [2.75, 3.05) is 19.8 Å². The highest BCUT2D eigenvalue weighted by Gasteiger charge is 2.13. The minimum atomic E-state index is -3.63. The molecule has 8 nitrogen and oxygen atoms in total. The van der Waals surface area contributed by atoms with Crippen LogP contribution in [0.1, 0.15) is 19.8 Å². The quantitative estimate of drug-likeness (QED) is 0.478. The van der Waals surface area contributed by atoms with Crippen LogP contribution in [0.3, 0.4) is 0 Å². The minimum absolute atomic E-state index is 0.0959. The van der Waals surface area contributed by atoms with Crippen molar-refractivity contribution in [2.45, 2.75) is 24.7 Å². The second kappa shape index (κ2) is 10.0. The first kappa shape index (κ1) is 20.8. The van der Waals surface area contributed by atoms with Gasteiger partial charge in [-0.3, -0.25) is 0 Å². The van der Waals surface area contributed by atoms with Gasteiger partial charge in [0.05, 0.1) is 17.8 Å². The van der Waals surface area contributed by atoms with Gasteiger partial charge in [-0.2, -0.15) is 0 Å². The molecule has 0 saturated carbocycles. The van der Waals surface area contributed by atoms with Gasteiger partial charge in [-0.25, -0.2) is 13.1 Å². The third kappa shape index (κ3) is 6.03. The summed E-state index contributed by atoms with van der Waals surface area (Å²) in [5, 5.41) is 7.96. The topological polar surface area (TPSA) is 104 Å². The smallest absolute Gasteiger partial charge is 0.240 e. The Morgan fingerprint density at radius 1 is 1.00 bits per heavy atom. The number of aromatic nitrogens is 2. The number of ether oxygens (including phenoxy) is 2. The Hall–Kier alpha value is -2.91. The average Bonchev–Trinajstić information content (AvgIpc) is 3.27. The molecule has 29 heavy (non-hydrogen) atoms. The van der Waals surface area contributed by atoms with Crippen LogP contribution in [0.15, 0.2) is 64.1 Å². The Bertz CT molecular complexity index is 972. The molecule has 0 unspecified atom stereocenters. The van der Waals surface area contributed by atoms with Gasteiger partial charge in [0.25, 0.3) is 0 Å². The molecule has 0 amide bonds. The number of nitrogens with zero attached hydrogens (tertiary/aromatic N) is 2. The summed E-state index contributed by atoms with van der Waals surface area (Å²) in [7, 11) is -3.63. The third-order valence-electron chi connectivity index (χ3n) is 3.96. The van der Waals surface area contributed by atoms with Crippen LogP contribution in [-0.2, 0) is 10.0 Å². The van der Waals surface area contributed by atoms with Gasteiger partial charge in [-0.05, 0) is 48.9 Å². The SMILES string of the molecule is CCCCOc1ccc(S(=O)(=O)NCCOc2ccc(-c3ccco3)nn2)cc1. The third-order valence-corrected chi connectivity index (χ3v) is 5.44. The summed E-state index contributed by atoms with van der Waals surface area (Å²) in [5.41, 5.74) is 0.588. The summed E-state index contributed by atoms with van der Waals surface area (Å²) in [6.45, 7) is 2.91.